The lowest BCUT2D eigenvalue weighted by Gasteiger charge is -2.38. The molecule has 0 amide bonds. The maximum atomic E-state index is 11.5. The molecule has 3 fully saturated rings. The minimum absolute atomic E-state index is 0.243. The van der Waals surface area contributed by atoms with Crippen LogP contribution >= 0.6 is 0 Å². The van der Waals surface area contributed by atoms with E-state index in [0.717, 1.165) is 19.3 Å². The van der Waals surface area contributed by atoms with Crippen LogP contribution in [0.15, 0.2) is 24.3 Å². The van der Waals surface area contributed by atoms with Gasteiger partial charge in [0.1, 0.15) is 5.78 Å². The van der Waals surface area contributed by atoms with Crippen molar-refractivity contribution >= 4 is 5.78 Å². The number of benzene rings is 1. The summed E-state index contributed by atoms with van der Waals surface area (Å²) < 4.78 is 0. The van der Waals surface area contributed by atoms with Gasteiger partial charge in [-0.2, -0.15) is 0 Å². The summed E-state index contributed by atoms with van der Waals surface area (Å²) in [6.07, 6.45) is 3.01. The van der Waals surface area contributed by atoms with E-state index in [2.05, 4.69) is 31.2 Å². The number of ketones is 1. The molecule has 0 atom stereocenters. The summed E-state index contributed by atoms with van der Waals surface area (Å²) in [6.45, 7) is 2.15. The quantitative estimate of drug-likeness (QED) is 0.659. The molecule has 14 heavy (non-hydrogen) atoms. The number of fused-ring (bicyclic) bond motifs is 1. The molecule has 3 saturated carbocycles. The fourth-order valence-electron chi connectivity index (χ4n) is 3.22. The predicted molar refractivity (Wildman–Crippen MR) is 55.2 cm³/mol. The van der Waals surface area contributed by atoms with Crippen molar-refractivity contribution in [3.8, 4) is 0 Å². The summed E-state index contributed by atoms with van der Waals surface area (Å²) >= 11 is 0. The highest BCUT2D eigenvalue weighted by atomic mass is 16.1. The van der Waals surface area contributed by atoms with Crippen molar-refractivity contribution in [3.05, 3.63) is 35.4 Å². The molecule has 1 heteroatoms. The first-order valence-corrected chi connectivity index (χ1v) is 5.30. The maximum absolute atomic E-state index is 11.5. The van der Waals surface area contributed by atoms with E-state index < -0.39 is 0 Å². The highest BCUT2D eigenvalue weighted by molar-refractivity contribution is 5.89. The Morgan fingerprint density at radius 1 is 1.29 bits per heavy atom. The minimum Gasteiger partial charge on any atom is -0.299 e. The zero-order valence-electron chi connectivity index (χ0n) is 8.42. The molecule has 3 aliphatic carbocycles. The Morgan fingerprint density at radius 3 is 2.57 bits per heavy atom. The summed E-state index contributed by atoms with van der Waals surface area (Å²) in [4.78, 5) is 11.5. The molecule has 0 saturated heterocycles. The number of hydrogen-bond donors (Lipinski definition) is 0. The zero-order valence-corrected chi connectivity index (χ0v) is 8.42. The van der Waals surface area contributed by atoms with E-state index in [1.165, 1.54) is 11.1 Å². The van der Waals surface area contributed by atoms with E-state index >= 15 is 0 Å². The van der Waals surface area contributed by atoms with E-state index in [-0.39, 0.29) is 5.41 Å². The molecule has 1 aromatic carbocycles. The molecule has 0 spiro atoms. The van der Waals surface area contributed by atoms with Crippen molar-refractivity contribution in [2.45, 2.75) is 31.6 Å². The Bertz CT molecular complexity index is 399. The van der Waals surface area contributed by atoms with Crippen LogP contribution in [-0.4, -0.2) is 5.78 Å². The van der Waals surface area contributed by atoms with Crippen molar-refractivity contribution in [2.24, 2.45) is 5.92 Å². The van der Waals surface area contributed by atoms with Crippen LogP contribution in [0.1, 0.15) is 30.4 Å². The van der Waals surface area contributed by atoms with Crippen LogP contribution in [0.3, 0.4) is 0 Å². The SMILES string of the molecule is Cc1ccccc1C12CC(=O)C(C1)C2. The maximum Gasteiger partial charge on any atom is 0.136 e. The molecule has 4 rings (SSSR count). The van der Waals surface area contributed by atoms with E-state index in [1.54, 1.807) is 0 Å². The second-order valence-corrected chi connectivity index (χ2v) is 4.84. The Hall–Kier alpha value is -1.11. The fourth-order valence-corrected chi connectivity index (χ4v) is 3.22. The molecular formula is C13H14O. The average molecular weight is 186 g/mol. The van der Waals surface area contributed by atoms with Crippen LogP contribution in [0.2, 0.25) is 0 Å². The van der Waals surface area contributed by atoms with Gasteiger partial charge in [0, 0.05) is 17.8 Å². The lowest BCUT2D eigenvalue weighted by molar-refractivity contribution is -0.119. The van der Waals surface area contributed by atoms with Gasteiger partial charge >= 0.3 is 0 Å². The number of aryl methyl sites for hydroxylation is 1. The highest BCUT2D eigenvalue weighted by Crippen LogP contribution is 2.58. The van der Waals surface area contributed by atoms with Crippen molar-refractivity contribution in [3.63, 3.8) is 0 Å². The van der Waals surface area contributed by atoms with Gasteiger partial charge in [-0.25, -0.2) is 0 Å². The van der Waals surface area contributed by atoms with Gasteiger partial charge in [0.15, 0.2) is 0 Å². The standard InChI is InChI=1S/C13H14O/c1-9-4-2-3-5-11(9)13-6-10(7-13)12(14)8-13/h2-5,10H,6-8H2,1H3. The van der Waals surface area contributed by atoms with Crippen molar-refractivity contribution in [1.82, 2.24) is 0 Å². The molecular weight excluding hydrogens is 172 g/mol. The summed E-state index contributed by atoms with van der Waals surface area (Å²) in [7, 11) is 0. The zero-order chi connectivity index (χ0) is 9.76. The fraction of sp³-hybridized carbons (Fsp3) is 0.462. The molecule has 0 aliphatic heterocycles. The molecule has 2 bridgehead atoms. The van der Waals surface area contributed by atoms with Gasteiger partial charge in [-0.15, -0.1) is 0 Å². The Balaban J connectivity index is 2.05. The topological polar surface area (TPSA) is 17.1 Å². The first-order chi connectivity index (χ1) is 6.71. The Kier molecular flexibility index (Phi) is 1.45. The molecule has 72 valence electrons. The lowest BCUT2D eigenvalue weighted by atomic mass is 9.64. The van der Waals surface area contributed by atoms with E-state index in [4.69, 9.17) is 0 Å². The monoisotopic (exact) mass is 186 g/mol. The second-order valence-electron chi connectivity index (χ2n) is 4.84. The number of hydrogen-bond acceptors (Lipinski definition) is 1. The van der Waals surface area contributed by atoms with Crippen LogP contribution in [-0.2, 0) is 10.2 Å². The van der Waals surface area contributed by atoms with Crippen molar-refractivity contribution in [1.29, 1.82) is 0 Å². The van der Waals surface area contributed by atoms with Crippen LogP contribution in [0.25, 0.3) is 0 Å². The molecule has 0 radical (unpaired) electrons. The van der Waals surface area contributed by atoms with Gasteiger partial charge in [0.05, 0.1) is 0 Å². The molecule has 0 aromatic heterocycles. The van der Waals surface area contributed by atoms with E-state index in [1.807, 2.05) is 0 Å². The van der Waals surface area contributed by atoms with Crippen LogP contribution in [0, 0.1) is 12.8 Å². The van der Waals surface area contributed by atoms with Gasteiger partial charge in [-0.3, -0.25) is 4.79 Å². The molecule has 0 heterocycles. The summed E-state index contributed by atoms with van der Waals surface area (Å²) in [5, 5.41) is 0. The van der Waals surface area contributed by atoms with Gasteiger partial charge in [0.25, 0.3) is 0 Å². The van der Waals surface area contributed by atoms with Gasteiger partial charge in [-0.05, 0) is 30.9 Å². The van der Waals surface area contributed by atoms with Gasteiger partial charge < -0.3 is 0 Å². The van der Waals surface area contributed by atoms with Gasteiger partial charge in [-0.1, -0.05) is 24.3 Å². The van der Waals surface area contributed by atoms with E-state index in [9.17, 15) is 4.79 Å². The van der Waals surface area contributed by atoms with Crippen LogP contribution in [0.4, 0.5) is 0 Å². The second kappa shape index (κ2) is 2.47. The number of carbonyl (C=O) groups is 1. The molecule has 1 nitrogen and oxygen atoms in total. The summed E-state index contributed by atoms with van der Waals surface area (Å²) in [5.74, 6) is 0.892. The third-order valence-electron chi connectivity index (χ3n) is 3.96. The van der Waals surface area contributed by atoms with E-state index in [0.29, 0.717) is 11.7 Å². The largest absolute Gasteiger partial charge is 0.299 e. The highest BCUT2D eigenvalue weighted by Gasteiger charge is 2.56. The predicted octanol–water partition coefficient (Wildman–Crippen LogP) is 2.62. The average Bonchev–Trinajstić information content (AvgIpc) is 2.57. The third-order valence-corrected chi connectivity index (χ3v) is 3.96. The Labute approximate surface area is 84.1 Å². The molecule has 3 aliphatic rings. The third kappa shape index (κ3) is 0.875. The van der Waals surface area contributed by atoms with Crippen molar-refractivity contribution < 1.29 is 4.79 Å². The normalized spacial score (nSPS) is 34.4. The number of carbonyl (C=O) groups excluding carboxylic acids is 1. The van der Waals surface area contributed by atoms with Crippen LogP contribution in [0.5, 0.6) is 0 Å². The Morgan fingerprint density at radius 2 is 2.00 bits per heavy atom. The van der Waals surface area contributed by atoms with Gasteiger partial charge in [0.2, 0.25) is 0 Å². The summed E-state index contributed by atoms with van der Waals surface area (Å²) in [6, 6.07) is 8.51. The van der Waals surface area contributed by atoms with Crippen molar-refractivity contribution in [2.75, 3.05) is 0 Å². The lowest BCUT2D eigenvalue weighted by Crippen LogP contribution is -2.33. The summed E-state index contributed by atoms with van der Waals surface area (Å²) in [5.41, 5.74) is 3.01. The smallest absolute Gasteiger partial charge is 0.136 e. The first kappa shape index (κ1) is 8.22. The van der Waals surface area contributed by atoms with Crippen LogP contribution < -0.4 is 0 Å². The molecule has 0 N–H and O–H groups in total. The molecule has 0 unspecified atom stereocenters. The number of rotatable bonds is 1. The molecule has 1 aromatic rings. The number of Topliss-reactive ketones (excluding diaryl/α,β-unsaturated/α-hetero) is 1. The first-order valence-electron chi connectivity index (χ1n) is 5.30. The minimum atomic E-state index is 0.243.